The number of thiophene rings is 1. The lowest BCUT2D eigenvalue weighted by molar-refractivity contribution is 0.0956. The van der Waals surface area contributed by atoms with E-state index in [1.807, 2.05) is 0 Å². The van der Waals surface area contributed by atoms with E-state index in [0.29, 0.717) is 23.0 Å². The van der Waals surface area contributed by atoms with Crippen LogP contribution in [0.2, 0.25) is 0 Å². The highest BCUT2D eigenvalue weighted by molar-refractivity contribution is 7.92. The van der Waals surface area contributed by atoms with Gasteiger partial charge in [-0.2, -0.15) is 0 Å². The van der Waals surface area contributed by atoms with Crippen LogP contribution in [0.3, 0.4) is 0 Å². The van der Waals surface area contributed by atoms with Crippen LogP contribution in [0.15, 0.2) is 53.4 Å². The molecule has 0 saturated carbocycles. The molecule has 1 N–H and O–H groups in total. The van der Waals surface area contributed by atoms with E-state index in [-0.39, 0.29) is 10.8 Å². The summed E-state index contributed by atoms with van der Waals surface area (Å²) in [5.74, 6) is -0.106. The second kappa shape index (κ2) is 8.51. The Morgan fingerprint density at radius 3 is 2.48 bits per heavy atom. The Labute approximate surface area is 174 Å². The Morgan fingerprint density at radius 1 is 1.14 bits per heavy atom. The van der Waals surface area contributed by atoms with Gasteiger partial charge in [0.15, 0.2) is 0 Å². The molecule has 0 atom stereocenters. The number of halogens is 1. The Morgan fingerprint density at radius 2 is 1.83 bits per heavy atom. The Hall–Kier alpha value is -2.45. The fourth-order valence-electron chi connectivity index (χ4n) is 2.80. The third kappa shape index (κ3) is 4.76. The molecule has 3 rings (SSSR count). The molecule has 0 saturated heterocycles. The number of amides is 1. The predicted molar refractivity (Wildman–Crippen MR) is 116 cm³/mol. The summed E-state index contributed by atoms with van der Waals surface area (Å²) >= 11 is 1.37. The van der Waals surface area contributed by atoms with Gasteiger partial charge in [0.25, 0.3) is 15.9 Å². The van der Waals surface area contributed by atoms with Crippen molar-refractivity contribution in [3.8, 4) is 0 Å². The van der Waals surface area contributed by atoms with E-state index < -0.39 is 15.8 Å². The molecule has 0 fully saturated rings. The molecule has 2 aromatic carbocycles. The van der Waals surface area contributed by atoms with Crippen LogP contribution in [-0.2, 0) is 10.0 Å². The number of rotatable bonds is 7. The van der Waals surface area contributed by atoms with Crippen molar-refractivity contribution < 1.29 is 17.6 Å². The highest BCUT2D eigenvalue weighted by Gasteiger charge is 2.22. The van der Waals surface area contributed by atoms with Crippen molar-refractivity contribution in [3.63, 3.8) is 0 Å². The third-order valence-electron chi connectivity index (χ3n) is 4.57. The van der Waals surface area contributed by atoms with Crippen LogP contribution in [0.5, 0.6) is 0 Å². The summed E-state index contributed by atoms with van der Waals surface area (Å²) in [6.07, 6.45) is 0.910. The van der Waals surface area contributed by atoms with Crippen LogP contribution in [0.25, 0.3) is 10.1 Å². The van der Waals surface area contributed by atoms with Crippen molar-refractivity contribution in [2.45, 2.75) is 25.2 Å². The van der Waals surface area contributed by atoms with E-state index >= 15 is 0 Å². The van der Waals surface area contributed by atoms with Gasteiger partial charge in [0.05, 0.1) is 15.5 Å². The minimum atomic E-state index is -3.82. The van der Waals surface area contributed by atoms with Crippen LogP contribution < -0.4 is 9.62 Å². The van der Waals surface area contributed by atoms with E-state index in [0.717, 1.165) is 32.9 Å². The van der Waals surface area contributed by atoms with Crippen molar-refractivity contribution in [3.05, 3.63) is 59.2 Å². The number of benzene rings is 2. The van der Waals surface area contributed by atoms with Gasteiger partial charge in [-0.05, 0) is 66.3 Å². The lowest BCUT2D eigenvalue weighted by Crippen LogP contribution is -2.26. The maximum atomic E-state index is 13.1. The van der Waals surface area contributed by atoms with Crippen LogP contribution >= 0.6 is 11.3 Å². The van der Waals surface area contributed by atoms with Crippen LogP contribution in [-0.4, -0.2) is 27.9 Å². The highest BCUT2D eigenvalue weighted by atomic mass is 32.2. The molecular weight excluding hydrogens is 411 g/mol. The fraction of sp³-hybridized carbons (Fsp3) is 0.286. The molecule has 5 nitrogen and oxygen atoms in total. The average Bonchev–Trinajstić information content (AvgIpc) is 3.10. The first kappa shape index (κ1) is 21.3. The summed E-state index contributed by atoms with van der Waals surface area (Å²) in [5, 5.41) is 3.71. The second-order valence-electron chi connectivity index (χ2n) is 7.20. The van der Waals surface area contributed by atoms with Crippen molar-refractivity contribution in [2.75, 3.05) is 17.9 Å². The predicted octanol–water partition coefficient (Wildman–Crippen LogP) is 4.64. The van der Waals surface area contributed by atoms with Gasteiger partial charge in [0, 0.05) is 18.3 Å². The molecule has 0 aliphatic rings. The summed E-state index contributed by atoms with van der Waals surface area (Å²) < 4.78 is 40.8. The van der Waals surface area contributed by atoms with Crippen molar-refractivity contribution in [2.24, 2.45) is 5.92 Å². The zero-order valence-electron chi connectivity index (χ0n) is 16.5. The summed E-state index contributed by atoms with van der Waals surface area (Å²) in [6.45, 7) is 4.82. The molecule has 0 aliphatic carbocycles. The molecule has 3 aromatic rings. The number of sulfonamides is 1. The zero-order valence-corrected chi connectivity index (χ0v) is 18.1. The van der Waals surface area contributed by atoms with E-state index in [1.54, 1.807) is 24.3 Å². The quantitative estimate of drug-likeness (QED) is 0.589. The van der Waals surface area contributed by atoms with Gasteiger partial charge < -0.3 is 5.32 Å². The molecule has 8 heteroatoms. The number of hydrogen-bond acceptors (Lipinski definition) is 4. The van der Waals surface area contributed by atoms with Crippen LogP contribution in [0, 0.1) is 11.7 Å². The maximum absolute atomic E-state index is 13.1. The lowest BCUT2D eigenvalue weighted by Gasteiger charge is -2.19. The smallest absolute Gasteiger partial charge is 0.264 e. The topological polar surface area (TPSA) is 66.5 Å². The number of nitrogens with zero attached hydrogens (tertiary/aromatic N) is 1. The minimum Gasteiger partial charge on any atom is -0.351 e. The van der Waals surface area contributed by atoms with Gasteiger partial charge in [-0.3, -0.25) is 9.10 Å². The molecule has 154 valence electrons. The zero-order chi connectivity index (χ0) is 21.2. The SMILES string of the molecule is CC(C)CCNC(=O)c1cc2cc(N(C)S(=O)(=O)c3ccc(F)cc3)ccc2s1. The van der Waals surface area contributed by atoms with E-state index in [1.165, 1.54) is 30.5 Å². The van der Waals surface area contributed by atoms with Gasteiger partial charge in [-0.1, -0.05) is 13.8 Å². The standard InChI is InChI=1S/C21H23FN2O3S2/c1-14(2)10-11-23-21(25)20-13-15-12-17(6-9-19(15)28-20)24(3)29(26,27)18-7-4-16(22)5-8-18/h4-9,12-14H,10-11H2,1-3H3,(H,23,25). The van der Waals surface area contributed by atoms with Gasteiger partial charge in [0.2, 0.25) is 0 Å². The molecule has 0 bridgehead atoms. The number of carbonyl (C=O) groups is 1. The van der Waals surface area contributed by atoms with Gasteiger partial charge >= 0.3 is 0 Å². The second-order valence-corrected chi connectivity index (χ2v) is 10.3. The molecule has 0 unspecified atom stereocenters. The molecule has 0 aliphatic heterocycles. The van der Waals surface area contributed by atoms with Gasteiger partial charge in [-0.15, -0.1) is 11.3 Å². The third-order valence-corrected chi connectivity index (χ3v) is 7.48. The van der Waals surface area contributed by atoms with Crippen molar-refractivity contribution in [1.29, 1.82) is 0 Å². The molecular formula is C21H23FN2O3S2. The molecule has 1 aromatic heterocycles. The van der Waals surface area contributed by atoms with Crippen LogP contribution in [0.1, 0.15) is 29.9 Å². The minimum absolute atomic E-state index is 0.0111. The summed E-state index contributed by atoms with van der Waals surface area (Å²) in [4.78, 5) is 12.9. The summed E-state index contributed by atoms with van der Waals surface area (Å²) in [6, 6.07) is 11.7. The molecule has 0 radical (unpaired) electrons. The van der Waals surface area contributed by atoms with E-state index in [9.17, 15) is 17.6 Å². The summed E-state index contributed by atoms with van der Waals surface area (Å²) in [7, 11) is -2.37. The number of nitrogens with one attached hydrogen (secondary N) is 1. The number of carbonyl (C=O) groups excluding carboxylic acids is 1. The molecule has 0 spiro atoms. The molecule has 1 heterocycles. The number of fused-ring (bicyclic) bond motifs is 1. The normalized spacial score (nSPS) is 11.8. The van der Waals surface area contributed by atoms with Crippen LogP contribution in [0.4, 0.5) is 10.1 Å². The van der Waals surface area contributed by atoms with Crippen molar-refractivity contribution in [1.82, 2.24) is 5.32 Å². The van der Waals surface area contributed by atoms with E-state index in [4.69, 9.17) is 0 Å². The first-order valence-corrected chi connectivity index (χ1v) is 11.5. The van der Waals surface area contributed by atoms with Crippen molar-refractivity contribution >= 4 is 43.0 Å². The molecule has 1 amide bonds. The lowest BCUT2D eigenvalue weighted by atomic mass is 10.1. The Bertz CT molecular complexity index is 1120. The first-order chi connectivity index (χ1) is 13.7. The van der Waals surface area contributed by atoms with E-state index in [2.05, 4.69) is 19.2 Å². The number of anilines is 1. The Balaban J connectivity index is 1.83. The number of hydrogen-bond donors (Lipinski definition) is 1. The first-order valence-electron chi connectivity index (χ1n) is 9.25. The largest absolute Gasteiger partial charge is 0.351 e. The Kier molecular flexibility index (Phi) is 6.24. The van der Waals surface area contributed by atoms with Gasteiger partial charge in [-0.25, -0.2) is 12.8 Å². The van der Waals surface area contributed by atoms with Gasteiger partial charge in [0.1, 0.15) is 5.82 Å². The maximum Gasteiger partial charge on any atom is 0.264 e. The monoisotopic (exact) mass is 434 g/mol. The fourth-order valence-corrected chi connectivity index (χ4v) is 4.95. The highest BCUT2D eigenvalue weighted by Crippen LogP contribution is 2.31. The molecule has 29 heavy (non-hydrogen) atoms. The summed E-state index contributed by atoms with van der Waals surface area (Å²) in [5.41, 5.74) is 0.464. The average molecular weight is 435 g/mol.